The second kappa shape index (κ2) is 7.83. The zero-order valence-electron chi connectivity index (χ0n) is 15.3. The summed E-state index contributed by atoms with van der Waals surface area (Å²) in [5.41, 5.74) is 5.37. The molecule has 0 fully saturated rings. The van der Waals surface area contributed by atoms with Crippen molar-refractivity contribution in [1.82, 2.24) is 15.1 Å². The number of benzene rings is 2. The molecule has 2 aromatic carbocycles. The van der Waals surface area contributed by atoms with Gasteiger partial charge < -0.3 is 5.32 Å². The van der Waals surface area contributed by atoms with Crippen LogP contribution in [0.15, 0.2) is 66.9 Å². The van der Waals surface area contributed by atoms with Gasteiger partial charge >= 0.3 is 0 Å². The predicted molar refractivity (Wildman–Crippen MR) is 105 cm³/mol. The lowest BCUT2D eigenvalue weighted by atomic mass is 10.0. The van der Waals surface area contributed by atoms with Crippen molar-refractivity contribution in [2.24, 2.45) is 7.05 Å². The van der Waals surface area contributed by atoms with Crippen molar-refractivity contribution in [2.45, 2.75) is 19.9 Å². The first-order chi connectivity index (χ1) is 12.5. The van der Waals surface area contributed by atoms with Gasteiger partial charge in [-0.25, -0.2) is 0 Å². The normalized spacial score (nSPS) is 12.3. The van der Waals surface area contributed by atoms with Gasteiger partial charge in [0.05, 0.1) is 12.2 Å². The van der Waals surface area contributed by atoms with Crippen LogP contribution in [0.25, 0.3) is 17.2 Å². The molecule has 0 unspecified atom stereocenters. The molecule has 3 rings (SSSR count). The van der Waals surface area contributed by atoms with E-state index in [1.807, 2.05) is 62.0 Å². The van der Waals surface area contributed by atoms with E-state index in [9.17, 15) is 4.79 Å². The Labute approximate surface area is 154 Å². The third-order valence-corrected chi connectivity index (χ3v) is 4.52. The van der Waals surface area contributed by atoms with E-state index < -0.39 is 0 Å². The fourth-order valence-corrected chi connectivity index (χ4v) is 2.90. The zero-order chi connectivity index (χ0) is 18.5. The summed E-state index contributed by atoms with van der Waals surface area (Å²) in [7, 11) is 1.90. The van der Waals surface area contributed by atoms with E-state index in [2.05, 4.69) is 34.7 Å². The molecule has 1 heterocycles. The summed E-state index contributed by atoms with van der Waals surface area (Å²) in [6.45, 7) is 3.96. The molecule has 4 heteroatoms. The number of carbonyl (C=O) groups excluding carboxylic acids is 1. The smallest absolute Gasteiger partial charge is 0.244 e. The first kappa shape index (κ1) is 17.7. The molecule has 1 aromatic heterocycles. The highest BCUT2D eigenvalue weighted by Crippen LogP contribution is 2.20. The van der Waals surface area contributed by atoms with Gasteiger partial charge in [0.2, 0.25) is 5.91 Å². The SMILES string of the molecule is Cc1c([C@H](C)NC(=O)/C=C/c2cccc(-c3ccccc3)c2)cnn1C. The maximum atomic E-state index is 12.2. The Hall–Kier alpha value is -3.14. The summed E-state index contributed by atoms with van der Waals surface area (Å²) in [5, 5.41) is 7.21. The summed E-state index contributed by atoms with van der Waals surface area (Å²) in [6.07, 6.45) is 5.21. The van der Waals surface area contributed by atoms with Crippen LogP contribution in [0.2, 0.25) is 0 Å². The van der Waals surface area contributed by atoms with Crippen LogP contribution in [0.3, 0.4) is 0 Å². The van der Waals surface area contributed by atoms with Crippen molar-refractivity contribution in [3.63, 3.8) is 0 Å². The highest BCUT2D eigenvalue weighted by molar-refractivity contribution is 5.92. The predicted octanol–water partition coefficient (Wildman–Crippen LogP) is 4.29. The topological polar surface area (TPSA) is 46.9 Å². The monoisotopic (exact) mass is 345 g/mol. The minimum Gasteiger partial charge on any atom is -0.346 e. The average Bonchev–Trinajstić information content (AvgIpc) is 3.00. The van der Waals surface area contributed by atoms with Gasteiger partial charge in [-0.1, -0.05) is 48.5 Å². The second-order valence-electron chi connectivity index (χ2n) is 6.36. The van der Waals surface area contributed by atoms with Crippen molar-refractivity contribution in [3.8, 4) is 11.1 Å². The number of rotatable bonds is 5. The van der Waals surface area contributed by atoms with Gasteiger partial charge in [0, 0.05) is 24.4 Å². The molecule has 26 heavy (non-hydrogen) atoms. The summed E-state index contributed by atoms with van der Waals surface area (Å²) < 4.78 is 1.81. The van der Waals surface area contributed by atoms with Gasteiger partial charge in [0.1, 0.15) is 0 Å². The maximum Gasteiger partial charge on any atom is 0.244 e. The van der Waals surface area contributed by atoms with Gasteiger partial charge in [-0.05, 0) is 42.7 Å². The summed E-state index contributed by atoms with van der Waals surface area (Å²) in [6, 6.07) is 18.3. The number of hydrogen-bond acceptors (Lipinski definition) is 2. The third kappa shape index (κ3) is 4.09. The van der Waals surface area contributed by atoms with Crippen LogP contribution in [0.4, 0.5) is 0 Å². The van der Waals surface area contributed by atoms with E-state index >= 15 is 0 Å². The molecule has 0 aliphatic heterocycles. The van der Waals surface area contributed by atoms with Crippen LogP contribution in [0, 0.1) is 6.92 Å². The molecule has 1 amide bonds. The molecule has 0 saturated heterocycles. The van der Waals surface area contributed by atoms with Gasteiger partial charge in [-0.2, -0.15) is 5.10 Å². The van der Waals surface area contributed by atoms with Gasteiger partial charge in [-0.3, -0.25) is 9.48 Å². The number of amides is 1. The van der Waals surface area contributed by atoms with Crippen molar-refractivity contribution in [2.75, 3.05) is 0 Å². The van der Waals surface area contributed by atoms with Crippen LogP contribution >= 0.6 is 0 Å². The van der Waals surface area contributed by atoms with Crippen molar-refractivity contribution >= 4 is 12.0 Å². The molecule has 0 bridgehead atoms. The quantitative estimate of drug-likeness (QED) is 0.701. The average molecular weight is 345 g/mol. The zero-order valence-corrected chi connectivity index (χ0v) is 15.3. The van der Waals surface area contributed by atoms with E-state index in [0.717, 1.165) is 27.9 Å². The van der Waals surface area contributed by atoms with Gasteiger partial charge in [-0.15, -0.1) is 0 Å². The molecular formula is C22H23N3O. The Balaban J connectivity index is 1.68. The van der Waals surface area contributed by atoms with Crippen LogP contribution in [-0.4, -0.2) is 15.7 Å². The molecule has 0 aliphatic carbocycles. The minimum absolute atomic E-state index is 0.0866. The molecular weight excluding hydrogens is 322 g/mol. The fourth-order valence-electron chi connectivity index (χ4n) is 2.90. The Bertz CT molecular complexity index is 926. The lowest BCUT2D eigenvalue weighted by Crippen LogP contribution is -2.24. The van der Waals surface area contributed by atoms with Crippen LogP contribution in [0.1, 0.15) is 29.8 Å². The van der Waals surface area contributed by atoms with Crippen LogP contribution < -0.4 is 5.32 Å². The number of aromatic nitrogens is 2. The first-order valence-corrected chi connectivity index (χ1v) is 8.67. The van der Waals surface area contributed by atoms with Crippen molar-refractivity contribution in [3.05, 3.63) is 83.7 Å². The van der Waals surface area contributed by atoms with Crippen molar-refractivity contribution < 1.29 is 4.79 Å². The molecule has 1 N–H and O–H groups in total. The molecule has 3 aromatic rings. The number of carbonyl (C=O) groups is 1. The molecule has 132 valence electrons. The maximum absolute atomic E-state index is 12.2. The van der Waals surface area contributed by atoms with E-state index in [-0.39, 0.29) is 11.9 Å². The van der Waals surface area contributed by atoms with Crippen LogP contribution in [-0.2, 0) is 11.8 Å². The summed E-state index contributed by atoms with van der Waals surface area (Å²) in [5.74, 6) is -0.120. The standard InChI is InChI=1S/C22H23N3O/c1-16(21-15-23-25(3)17(21)2)24-22(26)13-12-18-8-7-11-20(14-18)19-9-5-4-6-10-19/h4-16H,1-3H3,(H,24,26)/b13-12+/t16-/m0/s1. The van der Waals surface area contributed by atoms with E-state index in [1.165, 1.54) is 0 Å². The number of nitrogens with one attached hydrogen (secondary N) is 1. The minimum atomic E-state index is -0.120. The Morgan fingerprint density at radius 2 is 1.85 bits per heavy atom. The summed E-state index contributed by atoms with van der Waals surface area (Å²) >= 11 is 0. The van der Waals surface area contributed by atoms with Crippen molar-refractivity contribution in [1.29, 1.82) is 0 Å². The van der Waals surface area contributed by atoms with E-state index in [4.69, 9.17) is 0 Å². The number of aryl methyl sites for hydroxylation is 1. The lowest BCUT2D eigenvalue weighted by Gasteiger charge is -2.12. The first-order valence-electron chi connectivity index (χ1n) is 8.67. The molecule has 0 saturated carbocycles. The molecule has 4 nitrogen and oxygen atoms in total. The van der Waals surface area contributed by atoms with E-state index in [0.29, 0.717) is 0 Å². The Kier molecular flexibility index (Phi) is 5.32. The Morgan fingerprint density at radius 1 is 1.12 bits per heavy atom. The number of nitrogens with zero attached hydrogens (tertiary/aromatic N) is 2. The summed E-state index contributed by atoms with van der Waals surface area (Å²) in [4.78, 5) is 12.2. The van der Waals surface area contributed by atoms with Gasteiger partial charge in [0.25, 0.3) is 0 Å². The molecule has 1 atom stereocenters. The highest BCUT2D eigenvalue weighted by Gasteiger charge is 2.13. The highest BCUT2D eigenvalue weighted by atomic mass is 16.1. The lowest BCUT2D eigenvalue weighted by molar-refractivity contribution is -0.117. The fraction of sp³-hybridized carbons (Fsp3) is 0.182. The number of hydrogen-bond donors (Lipinski definition) is 1. The van der Waals surface area contributed by atoms with E-state index in [1.54, 1.807) is 12.3 Å². The Morgan fingerprint density at radius 3 is 2.54 bits per heavy atom. The molecule has 0 radical (unpaired) electrons. The molecule has 0 spiro atoms. The second-order valence-corrected chi connectivity index (χ2v) is 6.36. The van der Waals surface area contributed by atoms with Crippen LogP contribution in [0.5, 0.6) is 0 Å². The molecule has 0 aliphatic rings. The van der Waals surface area contributed by atoms with Gasteiger partial charge in [0.15, 0.2) is 0 Å². The third-order valence-electron chi connectivity index (χ3n) is 4.52. The largest absolute Gasteiger partial charge is 0.346 e.